The molecule has 2 bridgehead atoms. The number of aromatic nitrogens is 4. The van der Waals surface area contributed by atoms with Gasteiger partial charge >= 0.3 is 0 Å². The standard InChI is InChI=1S/C20H28N6O/c1-15-11-16(2)26(23-15)10-3-5-19(27)25-13-17-6-7-18(25)14-24(12-17)20-21-8-4-9-22-20/h4,8-9,11,17-18H,3,5-7,10,12-14H2,1-2H3/t17-,18+/m1/s1. The molecule has 0 N–H and O–H groups in total. The summed E-state index contributed by atoms with van der Waals surface area (Å²) in [5, 5.41) is 4.49. The third kappa shape index (κ3) is 3.96. The van der Waals surface area contributed by atoms with Gasteiger partial charge in [-0.3, -0.25) is 9.48 Å². The predicted molar refractivity (Wildman–Crippen MR) is 103 cm³/mol. The van der Waals surface area contributed by atoms with Crippen molar-refractivity contribution in [3.05, 3.63) is 35.9 Å². The highest BCUT2D eigenvalue weighted by Crippen LogP contribution is 2.30. The van der Waals surface area contributed by atoms with Crippen LogP contribution in [0.4, 0.5) is 5.95 Å². The molecule has 3 aliphatic heterocycles. The molecule has 3 aliphatic rings. The molecule has 144 valence electrons. The topological polar surface area (TPSA) is 67.2 Å². The molecule has 5 heterocycles. The molecule has 0 saturated carbocycles. The lowest BCUT2D eigenvalue weighted by atomic mass is 9.94. The Morgan fingerprint density at radius 3 is 2.70 bits per heavy atom. The van der Waals surface area contributed by atoms with E-state index in [4.69, 9.17) is 0 Å². The second-order valence-electron chi connectivity index (χ2n) is 7.85. The van der Waals surface area contributed by atoms with E-state index in [0.717, 1.165) is 56.4 Å². The van der Waals surface area contributed by atoms with Crippen molar-refractivity contribution in [2.75, 3.05) is 24.5 Å². The number of carbonyl (C=O) groups is 1. The number of piperidine rings is 1. The zero-order valence-corrected chi connectivity index (χ0v) is 16.2. The molecule has 0 unspecified atom stereocenters. The molecule has 27 heavy (non-hydrogen) atoms. The van der Waals surface area contributed by atoms with Crippen molar-refractivity contribution in [1.82, 2.24) is 24.6 Å². The van der Waals surface area contributed by atoms with Gasteiger partial charge in [-0.05, 0) is 51.2 Å². The Morgan fingerprint density at radius 2 is 1.96 bits per heavy atom. The van der Waals surface area contributed by atoms with Crippen molar-refractivity contribution < 1.29 is 4.79 Å². The fourth-order valence-corrected chi connectivity index (χ4v) is 4.43. The number of rotatable bonds is 5. The van der Waals surface area contributed by atoms with Crippen LogP contribution in [-0.4, -0.2) is 56.2 Å². The van der Waals surface area contributed by atoms with E-state index >= 15 is 0 Å². The quantitative estimate of drug-likeness (QED) is 0.809. The monoisotopic (exact) mass is 368 g/mol. The van der Waals surface area contributed by atoms with Crippen molar-refractivity contribution in [2.24, 2.45) is 5.92 Å². The van der Waals surface area contributed by atoms with Gasteiger partial charge in [0.2, 0.25) is 11.9 Å². The molecule has 7 heteroatoms. The van der Waals surface area contributed by atoms with Gasteiger partial charge in [0.25, 0.3) is 0 Å². The highest BCUT2D eigenvalue weighted by Gasteiger charge is 2.37. The lowest BCUT2D eigenvalue weighted by Gasteiger charge is -2.36. The van der Waals surface area contributed by atoms with Crippen LogP contribution in [-0.2, 0) is 11.3 Å². The van der Waals surface area contributed by atoms with E-state index in [-0.39, 0.29) is 11.9 Å². The Balaban J connectivity index is 1.36. The van der Waals surface area contributed by atoms with E-state index in [1.807, 2.05) is 17.7 Å². The minimum absolute atomic E-state index is 0.272. The zero-order valence-electron chi connectivity index (χ0n) is 16.2. The van der Waals surface area contributed by atoms with E-state index in [2.05, 4.69) is 37.9 Å². The molecule has 7 nitrogen and oxygen atoms in total. The summed E-state index contributed by atoms with van der Waals surface area (Å²) in [4.78, 5) is 26.1. The van der Waals surface area contributed by atoms with Crippen LogP contribution in [0.1, 0.15) is 37.1 Å². The van der Waals surface area contributed by atoms with E-state index in [0.29, 0.717) is 12.3 Å². The normalized spacial score (nSPS) is 22.1. The lowest BCUT2D eigenvalue weighted by Crippen LogP contribution is -2.47. The average Bonchev–Trinajstić information content (AvgIpc) is 2.85. The largest absolute Gasteiger partial charge is 0.338 e. The zero-order chi connectivity index (χ0) is 18.8. The molecule has 0 spiro atoms. The van der Waals surface area contributed by atoms with Crippen molar-refractivity contribution in [1.29, 1.82) is 0 Å². The lowest BCUT2D eigenvalue weighted by molar-refractivity contribution is -0.135. The van der Waals surface area contributed by atoms with E-state index in [1.54, 1.807) is 12.4 Å². The van der Waals surface area contributed by atoms with Crippen molar-refractivity contribution in [3.63, 3.8) is 0 Å². The number of hydrogen-bond donors (Lipinski definition) is 0. The van der Waals surface area contributed by atoms with Crippen LogP contribution < -0.4 is 4.90 Å². The number of carbonyl (C=O) groups excluding carboxylic acids is 1. The van der Waals surface area contributed by atoms with Crippen LogP contribution in [0.15, 0.2) is 24.5 Å². The number of hydrogen-bond acceptors (Lipinski definition) is 5. The molecule has 0 aliphatic carbocycles. The first-order chi connectivity index (χ1) is 13.1. The molecule has 2 aromatic heterocycles. The molecule has 5 rings (SSSR count). The summed E-state index contributed by atoms with van der Waals surface area (Å²) in [6.45, 7) is 7.52. The summed E-state index contributed by atoms with van der Waals surface area (Å²) in [6, 6.07) is 4.19. The maximum Gasteiger partial charge on any atom is 0.225 e. The van der Waals surface area contributed by atoms with Crippen LogP contribution in [0.3, 0.4) is 0 Å². The summed E-state index contributed by atoms with van der Waals surface area (Å²) in [7, 11) is 0. The van der Waals surface area contributed by atoms with Gasteiger partial charge in [0.15, 0.2) is 0 Å². The smallest absolute Gasteiger partial charge is 0.225 e. The average molecular weight is 368 g/mol. The third-order valence-corrected chi connectivity index (χ3v) is 5.73. The van der Waals surface area contributed by atoms with Crippen LogP contribution in [0.2, 0.25) is 0 Å². The fraction of sp³-hybridized carbons (Fsp3) is 0.600. The van der Waals surface area contributed by atoms with Crippen molar-refractivity contribution in [3.8, 4) is 0 Å². The highest BCUT2D eigenvalue weighted by atomic mass is 16.2. The van der Waals surface area contributed by atoms with E-state index in [9.17, 15) is 4.79 Å². The minimum atomic E-state index is 0.272. The summed E-state index contributed by atoms with van der Waals surface area (Å²) in [5.41, 5.74) is 2.19. The summed E-state index contributed by atoms with van der Waals surface area (Å²) >= 11 is 0. The molecule has 3 saturated heterocycles. The molecule has 2 aromatic rings. The van der Waals surface area contributed by atoms with Gasteiger partial charge in [-0.15, -0.1) is 0 Å². The molecule has 0 radical (unpaired) electrons. The predicted octanol–water partition coefficient (Wildman–Crippen LogP) is 2.20. The van der Waals surface area contributed by atoms with Gasteiger partial charge in [-0.25, -0.2) is 9.97 Å². The number of amides is 1. The Morgan fingerprint density at radius 1 is 1.15 bits per heavy atom. The van der Waals surface area contributed by atoms with Gasteiger partial charge in [0, 0.05) is 56.7 Å². The molecule has 0 aromatic carbocycles. The second kappa shape index (κ2) is 7.66. The molecular weight excluding hydrogens is 340 g/mol. The summed E-state index contributed by atoms with van der Waals surface area (Å²) < 4.78 is 2.01. The van der Waals surface area contributed by atoms with Gasteiger partial charge in [0.05, 0.1) is 5.69 Å². The molecule has 2 atom stereocenters. The van der Waals surface area contributed by atoms with Crippen LogP contribution in [0.25, 0.3) is 0 Å². The number of aryl methyl sites for hydroxylation is 3. The Labute approximate surface area is 160 Å². The number of fused-ring (bicyclic) bond motifs is 4. The maximum absolute atomic E-state index is 12.9. The van der Waals surface area contributed by atoms with Gasteiger partial charge < -0.3 is 9.80 Å². The van der Waals surface area contributed by atoms with E-state index in [1.165, 1.54) is 6.42 Å². The maximum atomic E-state index is 12.9. The molecule has 3 fully saturated rings. The summed E-state index contributed by atoms with van der Waals surface area (Å²) in [6.07, 6.45) is 7.26. The molecule has 1 amide bonds. The first kappa shape index (κ1) is 17.9. The van der Waals surface area contributed by atoms with Gasteiger partial charge in [0.1, 0.15) is 0 Å². The first-order valence-corrected chi connectivity index (χ1v) is 9.92. The number of anilines is 1. The second-order valence-corrected chi connectivity index (χ2v) is 7.85. The Bertz CT molecular complexity index is 789. The first-order valence-electron chi connectivity index (χ1n) is 9.92. The fourth-order valence-electron chi connectivity index (χ4n) is 4.43. The third-order valence-electron chi connectivity index (χ3n) is 5.73. The van der Waals surface area contributed by atoms with Crippen LogP contribution in [0, 0.1) is 19.8 Å². The van der Waals surface area contributed by atoms with Crippen molar-refractivity contribution >= 4 is 11.9 Å². The van der Waals surface area contributed by atoms with Gasteiger partial charge in [-0.1, -0.05) is 0 Å². The SMILES string of the molecule is Cc1cc(C)n(CCCC(=O)N2C[C@@H]3CC[C@H]2CN(c2ncccn2)C3)n1. The van der Waals surface area contributed by atoms with E-state index < -0.39 is 0 Å². The van der Waals surface area contributed by atoms with Crippen molar-refractivity contribution in [2.45, 2.75) is 52.1 Å². The highest BCUT2D eigenvalue weighted by molar-refractivity contribution is 5.76. The van der Waals surface area contributed by atoms with Crippen LogP contribution in [0.5, 0.6) is 0 Å². The number of nitrogens with zero attached hydrogens (tertiary/aromatic N) is 6. The Hall–Kier alpha value is -2.44. The molecular formula is C20H28N6O. The Kier molecular flexibility index (Phi) is 5.09. The minimum Gasteiger partial charge on any atom is -0.338 e. The van der Waals surface area contributed by atoms with Gasteiger partial charge in [-0.2, -0.15) is 5.10 Å². The van der Waals surface area contributed by atoms with Crippen LogP contribution >= 0.6 is 0 Å². The summed E-state index contributed by atoms with van der Waals surface area (Å²) in [5.74, 6) is 1.57.